The average molecular weight is 291 g/mol. The Morgan fingerprint density at radius 2 is 2.10 bits per heavy atom. The molecular formula is C17H22FNO2. The van der Waals surface area contributed by atoms with Crippen LogP contribution in [0.15, 0.2) is 24.3 Å². The lowest BCUT2D eigenvalue weighted by atomic mass is 9.88. The highest BCUT2D eigenvalue weighted by Crippen LogP contribution is 2.28. The Bertz CT molecular complexity index is 488. The summed E-state index contributed by atoms with van der Waals surface area (Å²) in [5.41, 5.74) is 0.604. The van der Waals surface area contributed by atoms with Gasteiger partial charge in [-0.05, 0) is 49.4 Å². The van der Waals surface area contributed by atoms with Crippen molar-refractivity contribution in [3.8, 4) is 0 Å². The largest absolute Gasteiger partial charge is 0.378 e. The van der Waals surface area contributed by atoms with Gasteiger partial charge in [-0.2, -0.15) is 0 Å². The van der Waals surface area contributed by atoms with Crippen molar-refractivity contribution in [2.45, 2.75) is 31.8 Å². The van der Waals surface area contributed by atoms with E-state index in [0.29, 0.717) is 24.0 Å². The lowest BCUT2D eigenvalue weighted by Crippen LogP contribution is -2.46. The molecule has 2 aliphatic heterocycles. The van der Waals surface area contributed by atoms with Crippen molar-refractivity contribution in [3.63, 3.8) is 0 Å². The highest BCUT2D eigenvalue weighted by Gasteiger charge is 2.31. The molecule has 0 saturated carbocycles. The number of ketones is 1. The zero-order valence-electron chi connectivity index (χ0n) is 12.3. The molecule has 0 radical (unpaired) electrons. The molecule has 0 N–H and O–H groups in total. The van der Waals surface area contributed by atoms with Gasteiger partial charge in [-0.15, -0.1) is 0 Å². The fraction of sp³-hybridized carbons (Fsp3) is 0.588. The summed E-state index contributed by atoms with van der Waals surface area (Å²) in [7, 11) is 0. The van der Waals surface area contributed by atoms with E-state index in [1.807, 2.05) is 0 Å². The Balaban J connectivity index is 1.48. The van der Waals surface area contributed by atoms with Gasteiger partial charge in [0.2, 0.25) is 0 Å². The first kappa shape index (κ1) is 14.7. The van der Waals surface area contributed by atoms with Crippen LogP contribution in [0, 0.1) is 11.7 Å². The maximum atomic E-state index is 12.9. The fourth-order valence-corrected chi connectivity index (χ4v) is 3.41. The highest BCUT2D eigenvalue weighted by atomic mass is 19.1. The molecule has 1 aromatic rings. The summed E-state index contributed by atoms with van der Waals surface area (Å²) in [4.78, 5) is 14.5. The maximum absolute atomic E-state index is 12.9. The monoisotopic (exact) mass is 291 g/mol. The van der Waals surface area contributed by atoms with Gasteiger partial charge in [0.25, 0.3) is 0 Å². The molecule has 0 amide bonds. The van der Waals surface area contributed by atoms with Gasteiger partial charge in [0.1, 0.15) is 5.82 Å². The van der Waals surface area contributed by atoms with Gasteiger partial charge in [-0.1, -0.05) is 0 Å². The van der Waals surface area contributed by atoms with Gasteiger partial charge in [0, 0.05) is 38.2 Å². The van der Waals surface area contributed by atoms with E-state index in [1.165, 1.54) is 18.6 Å². The van der Waals surface area contributed by atoms with Crippen LogP contribution in [-0.4, -0.2) is 43.0 Å². The Labute approximate surface area is 125 Å². The van der Waals surface area contributed by atoms with Crippen molar-refractivity contribution in [2.75, 3.05) is 26.2 Å². The van der Waals surface area contributed by atoms with Crippen LogP contribution in [-0.2, 0) is 4.74 Å². The molecule has 2 fully saturated rings. The number of likely N-dealkylation sites (tertiary alicyclic amines) is 1. The summed E-state index contributed by atoms with van der Waals surface area (Å²) >= 11 is 0. The zero-order chi connectivity index (χ0) is 14.7. The van der Waals surface area contributed by atoms with Crippen LogP contribution in [0.3, 0.4) is 0 Å². The van der Waals surface area contributed by atoms with Crippen molar-refractivity contribution in [1.82, 2.24) is 4.90 Å². The van der Waals surface area contributed by atoms with Gasteiger partial charge >= 0.3 is 0 Å². The second kappa shape index (κ2) is 6.67. The first-order valence-corrected chi connectivity index (χ1v) is 7.85. The number of piperidine rings is 1. The minimum Gasteiger partial charge on any atom is -0.378 e. The standard InChI is InChI=1S/C17H22FNO2/c18-15-5-3-13(4-6-15)16(20)7-9-19-10-8-17-14(12-19)2-1-11-21-17/h3-6,14,17H,1-2,7-12H2/t14-,17+/m1/s1. The minimum absolute atomic E-state index is 0.0945. The molecule has 2 atom stereocenters. The van der Waals surface area contributed by atoms with Crippen LogP contribution in [0.5, 0.6) is 0 Å². The Kier molecular flexibility index (Phi) is 4.66. The van der Waals surface area contributed by atoms with E-state index in [9.17, 15) is 9.18 Å². The maximum Gasteiger partial charge on any atom is 0.164 e. The summed E-state index contributed by atoms with van der Waals surface area (Å²) in [6, 6.07) is 5.83. The van der Waals surface area contributed by atoms with E-state index < -0.39 is 0 Å². The number of rotatable bonds is 4. The third-order valence-electron chi connectivity index (χ3n) is 4.62. The predicted molar refractivity (Wildman–Crippen MR) is 78.9 cm³/mol. The van der Waals surface area contributed by atoms with E-state index in [0.717, 1.165) is 39.1 Å². The molecule has 114 valence electrons. The number of halogens is 1. The van der Waals surface area contributed by atoms with Gasteiger partial charge < -0.3 is 9.64 Å². The van der Waals surface area contributed by atoms with Crippen LogP contribution < -0.4 is 0 Å². The lowest BCUT2D eigenvalue weighted by molar-refractivity contribution is -0.0658. The molecular weight excluding hydrogens is 269 g/mol. The van der Waals surface area contributed by atoms with Crippen molar-refractivity contribution in [3.05, 3.63) is 35.6 Å². The number of hydrogen-bond donors (Lipinski definition) is 0. The molecule has 0 unspecified atom stereocenters. The number of fused-ring (bicyclic) bond motifs is 1. The molecule has 2 saturated heterocycles. The number of nitrogens with zero attached hydrogens (tertiary/aromatic N) is 1. The number of carbonyl (C=O) groups is 1. The molecule has 0 bridgehead atoms. The number of carbonyl (C=O) groups excluding carboxylic acids is 1. The van der Waals surface area contributed by atoms with Gasteiger partial charge in [-0.3, -0.25) is 4.79 Å². The van der Waals surface area contributed by atoms with Crippen molar-refractivity contribution in [2.24, 2.45) is 5.92 Å². The van der Waals surface area contributed by atoms with Gasteiger partial charge in [0.05, 0.1) is 6.10 Å². The van der Waals surface area contributed by atoms with E-state index in [4.69, 9.17) is 4.74 Å². The normalized spacial score (nSPS) is 26.3. The van der Waals surface area contributed by atoms with Crippen LogP contribution in [0.2, 0.25) is 0 Å². The molecule has 21 heavy (non-hydrogen) atoms. The van der Waals surface area contributed by atoms with Gasteiger partial charge in [-0.25, -0.2) is 4.39 Å². The Morgan fingerprint density at radius 1 is 1.29 bits per heavy atom. The van der Waals surface area contributed by atoms with Gasteiger partial charge in [0.15, 0.2) is 5.78 Å². The van der Waals surface area contributed by atoms with E-state index >= 15 is 0 Å². The summed E-state index contributed by atoms with van der Waals surface area (Å²) in [6.45, 7) is 3.75. The number of hydrogen-bond acceptors (Lipinski definition) is 3. The molecule has 1 aromatic carbocycles. The van der Waals surface area contributed by atoms with Crippen LogP contribution in [0.4, 0.5) is 4.39 Å². The summed E-state index contributed by atoms with van der Waals surface area (Å²) in [6.07, 6.45) is 4.42. The lowest BCUT2D eigenvalue weighted by Gasteiger charge is -2.41. The first-order chi connectivity index (χ1) is 10.2. The zero-order valence-corrected chi connectivity index (χ0v) is 12.3. The van der Waals surface area contributed by atoms with Crippen LogP contribution >= 0.6 is 0 Å². The van der Waals surface area contributed by atoms with E-state index in [1.54, 1.807) is 12.1 Å². The average Bonchev–Trinajstić information content (AvgIpc) is 2.53. The quantitative estimate of drug-likeness (QED) is 0.799. The predicted octanol–water partition coefficient (Wildman–Crippen LogP) is 2.90. The van der Waals surface area contributed by atoms with Crippen LogP contribution in [0.25, 0.3) is 0 Å². The number of Topliss-reactive ketones (excluding diaryl/α,β-unsaturated/α-hetero) is 1. The second-order valence-electron chi connectivity index (χ2n) is 6.08. The highest BCUT2D eigenvalue weighted by molar-refractivity contribution is 5.96. The molecule has 0 aromatic heterocycles. The summed E-state index contributed by atoms with van der Waals surface area (Å²) < 4.78 is 18.7. The topological polar surface area (TPSA) is 29.5 Å². The molecule has 4 heteroatoms. The van der Waals surface area contributed by atoms with Crippen LogP contribution in [0.1, 0.15) is 36.0 Å². The van der Waals surface area contributed by atoms with E-state index in [-0.39, 0.29) is 11.6 Å². The van der Waals surface area contributed by atoms with E-state index in [2.05, 4.69) is 4.90 Å². The second-order valence-corrected chi connectivity index (χ2v) is 6.08. The molecule has 0 aliphatic carbocycles. The molecule has 2 aliphatic rings. The SMILES string of the molecule is O=C(CCN1CC[C@@H]2OCCC[C@@H]2C1)c1ccc(F)cc1. The number of benzene rings is 1. The molecule has 3 nitrogen and oxygen atoms in total. The fourth-order valence-electron chi connectivity index (χ4n) is 3.41. The first-order valence-electron chi connectivity index (χ1n) is 7.85. The minimum atomic E-state index is -0.300. The third-order valence-corrected chi connectivity index (χ3v) is 4.62. The molecule has 3 rings (SSSR count). The third kappa shape index (κ3) is 3.69. The van der Waals surface area contributed by atoms with Crippen molar-refractivity contribution in [1.29, 1.82) is 0 Å². The van der Waals surface area contributed by atoms with Crippen molar-refractivity contribution >= 4 is 5.78 Å². The molecule has 0 spiro atoms. The Morgan fingerprint density at radius 3 is 2.90 bits per heavy atom. The Hall–Kier alpha value is -1.26. The van der Waals surface area contributed by atoms with Crippen molar-refractivity contribution < 1.29 is 13.9 Å². The summed E-state index contributed by atoms with van der Waals surface area (Å²) in [5, 5.41) is 0. The smallest absolute Gasteiger partial charge is 0.164 e. The molecule has 2 heterocycles. The number of ether oxygens (including phenoxy) is 1. The summed E-state index contributed by atoms with van der Waals surface area (Å²) in [5.74, 6) is 0.427.